The van der Waals surface area contributed by atoms with E-state index in [9.17, 15) is 0 Å². The summed E-state index contributed by atoms with van der Waals surface area (Å²) in [7, 11) is 0. The Labute approximate surface area is 92.4 Å². The Morgan fingerprint density at radius 2 is 2.21 bits per heavy atom. The Morgan fingerprint density at radius 3 is 2.71 bits per heavy atom. The van der Waals surface area contributed by atoms with Gasteiger partial charge in [0.05, 0.1) is 0 Å². The lowest BCUT2D eigenvalue weighted by Gasteiger charge is -2.19. The molecule has 1 aliphatic rings. The molecule has 1 fully saturated rings. The number of nitrogens with two attached hydrogens (primary N) is 1. The molecule has 3 N–H and O–H groups in total. The molecule has 0 heterocycles. The van der Waals surface area contributed by atoms with Crippen LogP contribution in [-0.2, 0) is 0 Å². The third-order valence-corrected chi connectivity index (χ3v) is 3.75. The van der Waals surface area contributed by atoms with Gasteiger partial charge in [-0.15, -0.1) is 0 Å². The van der Waals surface area contributed by atoms with Gasteiger partial charge in [0.15, 0.2) is 0 Å². The molecule has 0 aromatic carbocycles. The lowest BCUT2D eigenvalue weighted by Crippen LogP contribution is -2.39. The number of rotatable bonds is 8. The first-order valence-corrected chi connectivity index (χ1v) is 7.09. The maximum atomic E-state index is 5.72. The largest absolute Gasteiger partial charge is 0.329 e. The summed E-state index contributed by atoms with van der Waals surface area (Å²) in [6, 6.07) is 0.531. The van der Waals surface area contributed by atoms with E-state index < -0.39 is 0 Å². The van der Waals surface area contributed by atoms with Gasteiger partial charge < -0.3 is 11.1 Å². The molecule has 0 aromatic heterocycles. The van der Waals surface area contributed by atoms with Crippen LogP contribution in [-0.4, -0.2) is 31.1 Å². The van der Waals surface area contributed by atoms with Crippen molar-refractivity contribution in [1.82, 2.24) is 5.32 Å². The summed E-state index contributed by atoms with van der Waals surface area (Å²) < 4.78 is 0. The van der Waals surface area contributed by atoms with Crippen molar-refractivity contribution < 1.29 is 0 Å². The maximum Gasteiger partial charge on any atom is 0.0198 e. The molecule has 0 aliphatic heterocycles. The van der Waals surface area contributed by atoms with Crippen LogP contribution in [0.5, 0.6) is 0 Å². The van der Waals surface area contributed by atoms with E-state index in [1.807, 2.05) is 11.8 Å². The number of thioether (sulfide) groups is 1. The van der Waals surface area contributed by atoms with Crippen LogP contribution in [0.25, 0.3) is 0 Å². The van der Waals surface area contributed by atoms with Crippen molar-refractivity contribution in [2.24, 2.45) is 17.6 Å². The van der Waals surface area contributed by atoms with E-state index >= 15 is 0 Å². The minimum atomic E-state index is 0.531. The molecule has 0 radical (unpaired) electrons. The molecule has 1 rings (SSSR count). The first-order chi connectivity index (χ1) is 6.77. The van der Waals surface area contributed by atoms with Gasteiger partial charge in [0.1, 0.15) is 0 Å². The number of hydrogen-bond acceptors (Lipinski definition) is 3. The van der Waals surface area contributed by atoms with Crippen molar-refractivity contribution in [3.8, 4) is 0 Å². The fourth-order valence-electron chi connectivity index (χ4n) is 1.75. The summed E-state index contributed by atoms with van der Waals surface area (Å²) >= 11 is 1.90. The van der Waals surface area contributed by atoms with Crippen LogP contribution in [0.2, 0.25) is 0 Å². The van der Waals surface area contributed by atoms with Gasteiger partial charge in [-0.25, -0.2) is 0 Å². The summed E-state index contributed by atoms with van der Waals surface area (Å²) in [5.74, 6) is 3.06. The van der Waals surface area contributed by atoms with E-state index in [4.69, 9.17) is 5.73 Å². The van der Waals surface area contributed by atoms with Gasteiger partial charge in [0.2, 0.25) is 0 Å². The first kappa shape index (κ1) is 12.3. The Balaban J connectivity index is 2.06. The molecule has 2 atom stereocenters. The summed E-state index contributed by atoms with van der Waals surface area (Å²) in [5.41, 5.74) is 5.72. The van der Waals surface area contributed by atoms with Gasteiger partial charge in [0, 0.05) is 12.6 Å². The second-order valence-electron chi connectivity index (χ2n) is 4.44. The van der Waals surface area contributed by atoms with Gasteiger partial charge in [0.25, 0.3) is 0 Å². The standard InChI is InChI=1S/C11H24N2S/c1-9(10-3-4-10)8-13-11(7-12)5-6-14-2/h9-11,13H,3-8,12H2,1-2H3. The Bertz CT molecular complexity index is 148. The Hall–Kier alpha value is 0.270. The lowest BCUT2D eigenvalue weighted by molar-refractivity contribution is 0.412. The van der Waals surface area contributed by atoms with Crippen molar-refractivity contribution >= 4 is 11.8 Å². The van der Waals surface area contributed by atoms with Crippen molar-refractivity contribution in [1.29, 1.82) is 0 Å². The van der Waals surface area contributed by atoms with Crippen molar-refractivity contribution in [3.05, 3.63) is 0 Å². The van der Waals surface area contributed by atoms with Gasteiger partial charge in [-0.05, 0) is 49.7 Å². The maximum absolute atomic E-state index is 5.72. The molecular weight excluding hydrogens is 192 g/mol. The summed E-state index contributed by atoms with van der Waals surface area (Å²) in [4.78, 5) is 0. The van der Waals surface area contributed by atoms with E-state index in [2.05, 4.69) is 18.5 Å². The van der Waals surface area contributed by atoms with Crippen LogP contribution >= 0.6 is 11.8 Å². The van der Waals surface area contributed by atoms with Crippen LogP contribution in [0, 0.1) is 11.8 Å². The van der Waals surface area contributed by atoms with E-state index in [0.29, 0.717) is 6.04 Å². The first-order valence-electron chi connectivity index (χ1n) is 5.70. The molecule has 84 valence electrons. The van der Waals surface area contributed by atoms with Crippen molar-refractivity contribution in [2.75, 3.05) is 25.1 Å². The molecule has 3 heteroatoms. The summed E-state index contributed by atoms with van der Waals surface area (Å²) in [5, 5.41) is 3.59. The highest BCUT2D eigenvalue weighted by atomic mass is 32.2. The number of hydrogen-bond donors (Lipinski definition) is 2. The van der Waals surface area contributed by atoms with Gasteiger partial charge >= 0.3 is 0 Å². The second-order valence-corrected chi connectivity index (χ2v) is 5.42. The quantitative estimate of drug-likeness (QED) is 0.648. The Kier molecular flexibility index (Phi) is 5.90. The molecule has 0 amide bonds. The molecule has 0 bridgehead atoms. The van der Waals surface area contributed by atoms with Gasteiger partial charge in [-0.3, -0.25) is 0 Å². The molecule has 0 saturated heterocycles. The monoisotopic (exact) mass is 216 g/mol. The molecule has 2 unspecified atom stereocenters. The second kappa shape index (κ2) is 6.70. The topological polar surface area (TPSA) is 38.0 Å². The van der Waals surface area contributed by atoms with E-state index in [-0.39, 0.29) is 0 Å². The molecule has 0 aromatic rings. The van der Waals surface area contributed by atoms with Crippen LogP contribution in [0.15, 0.2) is 0 Å². The normalized spacial score (nSPS) is 20.8. The lowest BCUT2D eigenvalue weighted by atomic mass is 10.1. The molecule has 0 spiro atoms. The predicted octanol–water partition coefficient (Wildman–Crippen LogP) is 1.70. The van der Waals surface area contributed by atoms with E-state index in [0.717, 1.165) is 24.9 Å². The fraction of sp³-hybridized carbons (Fsp3) is 1.00. The van der Waals surface area contributed by atoms with Gasteiger partial charge in [-0.2, -0.15) is 11.8 Å². The van der Waals surface area contributed by atoms with Crippen LogP contribution in [0.1, 0.15) is 26.2 Å². The van der Waals surface area contributed by atoms with Crippen LogP contribution in [0.3, 0.4) is 0 Å². The molecular formula is C11H24N2S. The third-order valence-electron chi connectivity index (χ3n) is 3.11. The zero-order chi connectivity index (χ0) is 10.4. The molecule has 2 nitrogen and oxygen atoms in total. The predicted molar refractivity (Wildman–Crippen MR) is 65.7 cm³/mol. The highest BCUT2D eigenvalue weighted by Gasteiger charge is 2.27. The number of nitrogens with one attached hydrogen (secondary N) is 1. The smallest absolute Gasteiger partial charge is 0.0198 e. The zero-order valence-corrected chi connectivity index (χ0v) is 10.3. The summed E-state index contributed by atoms with van der Waals surface area (Å²) in [6.45, 7) is 4.28. The average molecular weight is 216 g/mol. The third kappa shape index (κ3) is 4.67. The minimum Gasteiger partial charge on any atom is -0.329 e. The van der Waals surface area contributed by atoms with Gasteiger partial charge in [-0.1, -0.05) is 6.92 Å². The molecule has 1 saturated carbocycles. The van der Waals surface area contributed by atoms with E-state index in [1.54, 1.807) is 0 Å². The van der Waals surface area contributed by atoms with Crippen molar-refractivity contribution in [3.63, 3.8) is 0 Å². The SMILES string of the molecule is CSCCC(CN)NCC(C)C1CC1. The molecule has 14 heavy (non-hydrogen) atoms. The zero-order valence-electron chi connectivity index (χ0n) is 9.46. The van der Waals surface area contributed by atoms with E-state index in [1.165, 1.54) is 25.0 Å². The summed E-state index contributed by atoms with van der Waals surface area (Å²) in [6.07, 6.45) is 6.25. The van der Waals surface area contributed by atoms with Crippen molar-refractivity contribution in [2.45, 2.75) is 32.2 Å². The highest BCUT2D eigenvalue weighted by molar-refractivity contribution is 7.98. The Morgan fingerprint density at radius 1 is 1.50 bits per heavy atom. The minimum absolute atomic E-state index is 0.531. The average Bonchev–Trinajstić information content (AvgIpc) is 3.01. The van der Waals surface area contributed by atoms with Crippen LogP contribution in [0.4, 0.5) is 0 Å². The fourth-order valence-corrected chi connectivity index (χ4v) is 2.27. The van der Waals surface area contributed by atoms with Crippen LogP contribution < -0.4 is 11.1 Å². The highest BCUT2D eigenvalue weighted by Crippen LogP contribution is 2.36. The molecule has 1 aliphatic carbocycles.